The van der Waals surface area contributed by atoms with Crippen molar-refractivity contribution in [3.05, 3.63) is 93.1 Å². The number of fused-ring (bicyclic) bond motifs is 8. The van der Waals surface area contributed by atoms with Crippen molar-refractivity contribution in [3.8, 4) is 17.2 Å². The zero-order chi connectivity index (χ0) is 40.9. The molecule has 6 nitrogen and oxygen atoms in total. The van der Waals surface area contributed by atoms with Gasteiger partial charge in [-0.25, -0.2) is 4.79 Å². The average molecular weight is 856 g/mol. The van der Waals surface area contributed by atoms with E-state index in [-0.39, 0.29) is 52.8 Å². The molecule has 0 N–H and O–H groups in total. The molecule has 304 valence electrons. The fourth-order valence-electron chi connectivity index (χ4n) is 10.3. The van der Waals surface area contributed by atoms with Gasteiger partial charge in [0, 0.05) is 45.0 Å². The lowest BCUT2D eigenvalue weighted by Crippen LogP contribution is -2.57. The van der Waals surface area contributed by atoms with Crippen molar-refractivity contribution >= 4 is 51.1 Å². The van der Waals surface area contributed by atoms with Gasteiger partial charge in [0.1, 0.15) is 40.3 Å². The molecule has 2 aliphatic carbocycles. The Morgan fingerprint density at radius 1 is 1.07 bits per heavy atom. The lowest BCUT2D eigenvalue weighted by Gasteiger charge is -2.54. The Labute approximate surface area is 352 Å². The van der Waals surface area contributed by atoms with E-state index < -0.39 is 5.60 Å². The summed E-state index contributed by atoms with van der Waals surface area (Å²) < 4.78 is 26.6. The number of rotatable bonds is 11. The highest BCUT2D eigenvalue weighted by Crippen LogP contribution is 2.64. The summed E-state index contributed by atoms with van der Waals surface area (Å²) in [6, 6.07) is 8.72. The van der Waals surface area contributed by atoms with Gasteiger partial charge in [-0.2, -0.15) is 0 Å². The maximum absolute atomic E-state index is 15.1. The van der Waals surface area contributed by atoms with Crippen LogP contribution < -0.4 is 14.2 Å². The minimum Gasteiger partial charge on any atom is -0.484 e. The van der Waals surface area contributed by atoms with E-state index in [2.05, 4.69) is 120 Å². The third kappa shape index (κ3) is 7.63. The average Bonchev–Trinajstić information content (AvgIpc) is 3.30. The van der Waals surface area contributed by atoms with Crippen LogP contribution in [0.3, 0.4) is 0 Å². The van der Waals surface area contributed by atoms with Gasteiger partial charge >= 0.3 is 5.97 Å². The second-order valence-electron chi connectivity index (χ2n) is 17.7. The zero-order valence-electron chi connectivity index (χ0n) is 35.3. The highest BCUT2D eigenvalue weighted by Gasteiger charge is 2.59. The van der Waals surface area contributed by atoms with Gasteiger partial charge < -0.3 is 18.9 Å². The molecule has 0 aromatic heterocycles. The minimum absolute atomic E-state index is 0.0153. The number of thioether (sulfide) groups is 1. The van der Waals surface area contributed by atoms with Gasteiger partial charge in [-0.3, -0.25) is 4.79 Å². The number of allylic oxidation sites excluding steroid dienone is 6. The number of benzene rings is 2. The van der Waals surface area contributed by atoms with E-state index in [1.165, 1.54) is 39.9 Å². The molecule has 0 radical (unpaired) electrons. The first-order valence-electron chi connectivity index (χ1n) is 20.7. The van der Waals surface area contributed by atoms with Crippen LogP contribution >= 0.6 is 27.7 Å². The van der Waals surface area contributed by atoms with Crippen LogP contribution in [0.1, 0.15) is 116 Å². The van der Waals surface area contributed by atoms with Crippen LogP contribution in [-0.2, 0) is 20.7 Å². The highest BCUT2D eigenvalue weighted by atomic mass is 79.9. The molecule has 7 rings (SSSR count). The Morgan fingerprint density at radius 3 is 2.49 bits per heavy atom. The van der Waals surface area contributed by atoms with Crippen LogP contribution in [0.5, 0.6) is 17.2 Å². The predicted molar refractivity (Wildman–Crippen MR) is 235 cm³/mol. The van der Waals surface area contributed by atoms with E-state index in [1.807, 2.05) is 17.8 Å². The summed E-state index contributed by atoms with van der Waals surface area (Å²) in [5.74, 6) is 2.33. The molecule has 2 saturated carbocycles. The molecule has 2 bridgehead atoms. The van der Waals surface area contributed by atoms with E-state index in [9.17, 15) is 4.79 Å². The van der Waals surface area contributed by atoms with Crippen LogP contribution in [0, 0.1) is 29.6 Å². The van der Waals surface area contributed by atoms with Gasteiger partial charge in [-0.15, -0.1) is 11.8 Å². The second-order valence-corrected chi connectivity index (χ2v) is 19.4. The smallest absolute Gasteiger partial charge is 0.333 e. The molecule has 0 spiro atoms. The molecular weight excluding hydrogens is 797 g/mol. The van der Waals surface area contributed by atoms with Crippen LogP contribution in [0.4, 0.5) is 0 Å². The van der Waals surface area contributed by atoms with E-state index in [4.69, 9.17) is 18.9 Å². The Bertz CT molecular complexity index is 2100. The zero-order valence-corrected chi connectivity index (χ0v) is 37.7. The van der Waals surface area contributed by atoms with E-state index in [1.54, 1.807) is 6.92 Å². The van der Waals surface area contributed by atoms with E-state index in [0.29, 0.717) is 29.7 Å². The molecular formula is C49H59BrO6S. The maximum atomic E-state index is 15.1. The fraction of sp³-hybridized carbons (Fsp3) is 0.510. The number of ketones is 1. The van der Waals surface area contributed by atoms with Crippen molar-refractivity contribution in [2.24, 2.45) is 29.6 Å². The number of hydrogen-bond acceptors (Lipinski definition) is 7. The van der Waals surface area contributed by atoms with Gasteiger partial charge in [0.15, 0.2) is 0 Å². The number of carbonyl (C=O) groups excluding carboxylic acids is 2. The lowest BCUT2D eigenvalue weighted by atomic mass is 9.54. The van der Waals surface area contributed by atoms with Crippen LogP contribution in [0.25, 0.3) is 11.6 Å². The third-order valence-electron chi connectivity index (χ3n) is 13.0. The lowest BCUT2D eigenvalue weighted by molar-refractivity contribution is -0.139. The Morgan fingerprint density at radius 2 is 1.81 bits per heavy atom. The Balaban J connectivity index is 1.50. The summed E-state index contributed by atoms with van der Waals surface area (Å²) in [4.78, 5) is 28.8. The molecule has 8 unspecified atom stereocenters. The molecule has 3 aliphatic heterocycles. The number of carbonyl (C=O) groups is 2. The summed E-state index contributed by atoms with van der Waals surface area (Å²) in [7, 11) is 1.41. The monoisotopic (exact) mass is 854 g/mol. The Hall–Kier alpha value is -3.49. The van der Waals surface area contributed by atoms with E-state index in [0.717, 1.165) is 53.2 Å². The largest absolute Gasteiger partial charge is 0.484 e. The van der Waals surface area contributed by atoms with Gasteiger partial charge in [-0.05, 0) is 136 Å². The summed E-state index contributed by atoms with van der Waals surface area (Å²) in [6.07, 6.45) is 14.3. The molecule has 8 atom stereocenters. The normalized spacial score (nSPS) is 28.2. The third-order valence-corrected chi connectivity index (χ3v) is 14.7. The summed E-state index contributed by atoms with van der Waals surface area (Å²) in [6.45, 7) is 19.3. The van der Waals surface area contributed by atoms with Crippen molar-refractivity contribution in [1.82, 2.24) is 0 Å². The van der Waals surface area contributed by atoms with Gasteiger partial charge in [0.2, 0.25) is 0 Å². The molecule has 5 aliphatic rings. The van der Waals surface area contributed by atoms with Crippen LogP contribution in [0.15, 0.2) is 75.8 Å². The van der Waals surface area contributed by atoms with Gasteiger partial charge in [-0.1, -0.05) is 68.3 Å². The van der Waals surface area contributed by atoms with Crippen molar-refractivity contribution in [1.29, 1.82) is 0 Å². The van der Waals surface area contributed by atoms with E-state index >= 15 is 4.79 Å². The molecule has 3 heterocycles. The van der Waals surface area contributed by atoms with Crippen LogP contribution in [0.2, 0.25) is 0 Å². The number of ether oxygens (including phenoxy) is 4. The second kappa shape index (κ2) is 16.6. The first-order valence-corrected chi connectivity index (χ1v) is 22.7. The number of esters is 1. The molecule has 0 saturated heterocycles. The first-order chi connectivity index (χ1) is 27.2. The maximum Gasteiger partial charge on any atom is 0.333 e. The van der Waals surface area contributed by atoms with Gasteiger partial charge in [0.25, 0.3) is 0 Å². The molecule has 2 aromatic carbocycles. The fourth-order valence-corrected chi connectivity index (χ4v) is 12.1. The summed E-state index contributed by atoms with van der Waals surface area (Å²) >= 11 is 5.49. The predicted octanol–water partition coefficient (Wildman–Crippen LogP) is 12.2. The van der Waals surface area contributed by atoms with Crippen LogP contribution in [-0.4, -0.2) is 41.3 Å². The Kier molecular flexibility index (Phi) is 12.2. The number of halogens is 1. The van der Waals surface area contributed by atoms with Crippen molar-refractivity contribution < 1.29 is 28.5 Å². The highest BCUT2D eigenvalue weighted by molar-refractivity contribution is 9.09. The standard InChI is InChI=1S/C49H59BrO6S/c1-26(2)14-13-22-49(9)23-21-34-43(56-49)33(19-17-27(3)4)45-40(44(34)54-25-50)39-30(8)31-15-11-12-16-37(31)57-47-36-24-35(46(55-45)41(39)47)38(28(5)6)32(42(36)51)20-18-29(7)48(52)53-10/h11-12,14-18,21,23,28,30,32,35-36,38,46-47H,13,19-20,22,24-25H2,1-10H3. The minimum atomic E-state index is -0.512. The van der Waals surface area contributed by atoms with Crippen molar-refractivity contribution in [3.63, 3.8) is 0 Å². The number of methoxy groups -OCH3 is 1. The molecule has 2 fully saturated rings. The van der Waals surface area contributed by atoms with Crippen molar-refractivity contribution in [2.75, 3.05) is 12.6 Å². The molecule has 0 amide bonds. The summed E-state index contributed by atoms with van der Waals surface area (Å²) in [5, 5.41) is -0.103. The first kappa shape index (κ1) is 41.7. The van der Waals surface area contributed by atoms with Gasteiger partial charge in [0.05, 0.1) is 18.2 Å². The molecule has 57 heavy (non-hydrogen) atoms. The number of alkyl halides is 1. The molecule has 2 aromatic rings. The summed E-state index contributed by atoms with van der Waals surface area (Å²) in [5.41, 5.74) is 9.57. The molecule has 8 heteroatoms. The SMILES string of the molecule is COC(=O)C(C)=CCC1C(=O)C2CC(C3Oc4c(CC=C(C)C)c5c(c(OCBr)c4C4=C3C2Sc2ccccc2C4C)C=CC(C)(CCC=C(C)C)O5)C1C(C)C. The number of hydrogen-bond donors (Lipinski definition) is 0. The quantitative estimate of drug-likeness (QED) is 0.0965. The number of Topliss-reactive ketones (excluding diaryl/α,β-unsaturated/α-hetero) is 1. The van der Waals surface area contributed by atoms with Crippen molar-refractivity contribution in [2.45, 2.75) is 122 Å². The topological polar surface area (TPSA) is 71.1 Å².